The summed E-state index contributed by atoms with van der Waals surface area (Å²) in [7, 11) is 0. The molecule has 4 heterocycles. The van der Waals surface area contributed by atoms with Gasteiger partial charge in [0.1, 0.15) is 6.61 Å². The number of nitrogens with zero attached hydrogens (tertiary/aromatic N) is 3. The smallest absolute Gasteiger partial charge is 0.339 e. The number of hydrogen-bond acceptors (Lipinski definition) is 6. The molecule has 0 bridgehead atoms. The summed E-state index contributed by atoms with van der Waals surface area (Å²) in [6.45, 7) is 3.33. The summed E-state index contributed by atoms with van der Waals surface area (Å²) in [4.78, 5) is 21.7. The van der Waals surface area contributed by atoms with Crippen LogP contribution in [0.3, 0.4) is 0 Å². The van der Waals surface area contributed by atoms with Crippen molar-refractivity contribution in [1.82, 2.24) is 25.5 Å². The van der Waals surface area contributed by atoms with Crippen LogP contribution in [0.4, 0.5) is 0 Å². The molecule has 1 atom stereocenters. The van der Waals surface area contributed by atoms with E-state index in [-0.39, 0.29) is 12.0 Å². The second-order valence-corrected chi connectivity index (χ2v) is 8.20. The van der Waals surface area contributed by atoms with Gasteiger partial charge in [0, 0.05) is 28.9 Å². The Kier molecular flexibility index (Phi) is 5.64. The van der Waals surface area contributed by atoms with E-state index in [0.29, 0.717) is 12.2 Å². The third-order valence-electron chi connectivity index (χ3n) is 5.84. The molecule has 1 aliphatic heterocycles. The fraction of sp³-hybridized carbons (Fsp3) is 0.280. The maximum absolute atomic E-state index is 12.6. The Balaban J connectivity index is 1.41. The van der Waals surface area contributed by atoms with E-state index in [1.807, 2.05) is 49.4 Å². The lowest BCUT2D eigenvalue weighted by atomic mass is 10.0. The Morgan fingerprint density at radius 3 is 2.94 bits per heavy atom. The maximum atomic E-state index is 12.6. The van der Waals surface area contributed by atoms with E-state index in [4.69, 9.17) is 4.74 Å². The number of piperidine rings is 1. The molecule has 0 amide bonds. The number of esters is 1. The van der Waals surface area contributed by atoms with Crippen LogP contribution in [0.5, 0.6) is 0 Å². The van der Waals surface area contributed by atoms with Crippen LogP contribution in [0.1, 0.15) is 35.3 Å². The Bertz CT molecular complexity index is 1260. The number of aromatic nitrogens is 4. The second kappa shape index (κ2) is 8.88. The number of carbonyl (C=O) groups excluding carboxylic acids is 1. The van der Waals surface area contributed by atoms with Crippen molar-refractivity contribution >= 4 is 16.9 Å². The highest BCUT2D eigenvalue weighted by molar-refractivity contribution is 5.95. The third kappa shape index (κ3) is 4.24. The minimum absolute atomic E-state index is 0.238. The quantitative estimate of drug-likeness (QED) is 0.462. The highest BCUT2D eigenvalue weighted by Gasteiger charge is 2.17. The first-order valence-corrected chi connectivity index (χ1v) is 11.0. The molecule has 0 aliphatic carbocycles. The van der Waals surface area contributed by atoms with E-state index in [2.05, 4.69) is 25.5 Å². The third-order valence-corrected chi connectivity index (χ3v) is 5.84. The van der Waals surface area contributed by atoms with E-state index < -0.39 is 0 Å². The predicted molar refractivity (Wildman–Crippen MR) is 123 cm³/mol. The molecule has 5 rings (SSSR count). The van der Waals surface area contributed by atoms with Gasteiger partial charge in [-0.3, -0.25) is 15.1 Å². The normalized spacial score (nSPS) is 16.2. The lowest BCUT2D eigenvalue weighted by molar-refractivity contribution is 0.0451. The van der Waals surface area contributed by atoms with Gasteiger partial charge >= 0.3 is 5.97 Å². The molecule has 2 N–H and O–H groups in total. The predicted octanol–water partition coefficient (Wildman–Crippen LogP) is 4.29. The van der Waals surface area contributed by atoms with Crippen LogP contribution in [0.25, 0.3) is 33.4 Å². The monoisotopic (exact) mass is 427 g/mol. The molecular formula is C25H25N5O2. The van der Waals surface area contributed by atoms with Crippen LogP contribution in [-0.4, -0.2) is 45.3 Å². The van der Waals surface area contributed by atoms with Gasteiger partial charge in [0.25, 0.3) is 0 Å². The summed E-state index contributed by atoms with van der Waals surface area (Å²) in [5.74, 6) is -0.342. The molecular weight excluding hydrogens is 402 g/mol. The minimum Gasteiger partial charge on any atom is -0.460 e. The lowest BCUT2D eigenvalue weighted by Gasteiger charge is -2.22. The van der Waals surface area contributed by atoms with Crippen molar-refractivity contribution in [2.45, 2.75) is 32.2 Å². The fourth-order valence-corrected chi connectivity index (χ4v) is 4.12. The first-order chi connectivity index (χ1) is 15.7. The Hall–Kier alpha value is -3.58. The van der Waals surface area contributed by atoms with Crippen LogP contribution in [0, 0.1) is 6.92 Å². The first-order valence-electron chi connectivity index (χ1n) is 11.0. The van der Waals surface area contributed by atoms with Gasteiger partial charge in [-0.15, -0.1) is 0 Å². The number of nitrogens with one attached hydrogen (secondary N) is 2. The van der Waals surface area contributed by atoms with Gasteiger partial charge in [0.05, 0.1) is 28.7 Å². The minimum atomic E-state index is -0.342. The SMILES string of the molecule is Cc1cccc(-c2[nH]ncc2-c2ccc3ncc(C(=O)OC[C@@H]4CCCCN4)cc3c2)n1. The van der Waals surface area contributed by atoms with E-state index in [1.165, 1.54) is 12.8 Å². The van der Waals surface area contributed by atoms with Crippen LogP contribution in [0.15, 0.2) is 54.9 Å². The topological polar surface area (TPSA) is 92.8 Å². The van der Waals surface area contributed by atoms with Gasteiger partial charge in [-0.2, -0.15) is 5.10 Å². The molecule has 0 unspecified atom stereocenters. The average Bonchev–Trinajstić information content (AvgIpc) is 3.32. The van der Waals surface area contributed by atoms with Crippen molar-refractivity contribution in [3.63, 3.8) is 0 Å². The van der Waals surface area contributed by atoms with Gasteiger partial charge in [-0.1, -0.05) is 18.6 Å². The van der Waals surface area contributed by atoms with Crippen LogP contribution in [0.2, 0.25) is 0 Å². The Morgan fingerprint density at radius 2 is 2.09 bits per heavy atom. The standard InChI is InChI=1S/C25H25N5O2/c1-16-5-4-7-23(29-16)24-21(14-28-30-24)17-8-9-22-18(11-17)12-19(13-27-22)25(31)32-15-20-6-2-3-10-26-20/h4-5,7-9,11-14,20,26H,2-3,6,10,15H2,1H3,(H,28,30)/t20-/m0/s1. The number of benzene rings is 1. The van der Waals surface area contributed by atoms with Crippen molar-refractivity contribution in [1.29, 1.82) is 0 Å². The summed E-state index contributed by atoms with van der Waals surface area (Å²) in [5, 5.41) is 11.6. The molecule has 1 aromatic carbocycles. The summed E-state index contributed by atoms with van der Waals surface area (Å²) in [6, 6.07) is 14.0. The average molecular weight is 428 g/mol. The number of carbonyl (C=O) groups is 1. The van der Waals surface area contributed by atoms with Crippen molar-refractivity contribution in [2.24, 2.45) is 0 Å². The molecule has 162 valence electrons. The summed E-state index contributed by atoms with van der Waals surface area (Å²) < 4.78 is 5.54. The van der Waals surface area contributed by atoms with Crippen molar-refractivity contribution in [3.05, 3.63) is 66.1 Å². The number of aryl methyl sites for hydroxylation is 1. The highest BCUT2D eigenvalue weighted by Crippen LogP contribution is 2.31. The van der Waals surface area contributed by atoms with Gasteiger partial charge in [0.15, 0.2) is 0 Å². The van der Waals surface area contributed by atoms with E-state index in [1.54, 1.807) is 12.4 Å². The molecule has 4 aromatic rings. The Labute approximate surface area is 186 Å². The van der Waals surface area contributed by atoms with Gasteiger partial charge in [-0.05, 0) is 62.2 Å². The fourth-order valence-electron chi connectivity index (χ4n) is 4.12. The molecule has 1 saturated heterocycles. The van der Waals surface area contributed by atoms with Crippen molar-refractivity contribution < 1.29 is 9.53 Å². The number of hydrogen-bond donors (Lipinski definition) is 2. The molecule has 3 aromatic heterocycles. The summed E-state index contributed by atoms with van der Waals surface area (Å²) in [5.41, 5.74) is 5.83. The molecule has 0 spiro atoms. The number of aromatic amines is 1. The number of H-pyrrole nitrogens is 1. The maximum Gasteiger partial charge on any atom is 0.339 e. The van der Waals surface area contributed by atoms with E-state index in [0.717, 1.165) is 52.1 Å². The molecule has 1 fully saturated rings. The molecule has 32 heavy (non-hydrogen) atoms. The molecule has 0 radical (unpaired) electrons. The number of ether oxygens (including phenoxy) is 1. The van der Waals surface area contributed by atoms with E-state index >= 15 is 0 Å². The zero-order chi connectivity index (χ0) is 21.9. The Morgan fingerprint density at radius 1 is 1.16 bits per heavy atom. The molecule has 0 saturated carbocycles. The number of pyridine rings is 2. The zero-order valence-corrected chi connectivity index (χ0v) is 18.0. The van der Waals surface area contributed by atoms with Crippen molar-refractivity contribution in [2.75, 3.05) is 13.2 Å². The molecule has 1 aliphatic rings. The summed E-state index contributed by atoms with van der Waals surface area (Å²) in [6.07, 6.45) is 6.76. The van der Waals surface area contributed by atoms with Crippen LogP contribution in [-0.2, 0) is 4.74 Å². The largest absolute Gasteiger partial charge is 0.460 e. The van der Waals surface area contributed by atoms with E-state index in [9.17, 15) is 4.79 Å². The highest BCUT2D eigenvalue weighted by atomic mass is 16.5. The van der Waals surface area contributed by atoms with Gasteiger partial charge in [-0.25, -0.2) is 4.79 Å². The van der Waals surface area contributed by atoms with Crippen LogP contribution >= 0.6 is 0 Å². The zero-order valence-electron chi connectivity index (χ0n) is 18.0. The lowest BCUT2D eigenvalue weighted by Crippen LogP contribution is -2.38. The number of fused-ring (bicyclic) bond motifs is 1. The molecule has 7 heteroatoms. The van der Waals surface area contributed by atoms with Crippen molar-refractivity contribution in [3.8, 4) is 22.5 Å². The number of rotatable bonds is 5. The molecule has 7 nitrogen and oxygen atoms in total. The second-order valence-electron chi connectivity index (χ2n) is 8.20. The van der Waals surface area contributed by atoms with Gasteiger partial charge in [0.2, 0.25) is 0 Å². The van der Waals surface area contributed by atoms with Gasteiger partial charge < -0.3 is 10.1 Å². The van der Waals surface area contributed by atoms with Crippen LogP contribution < -0.4 is 5.32 Å². The summed E-state index contributed by atoms with van der Waals surface area (Å²) >= 11 is 0. The first kappa shape index (κ1) is 20.3.